The highest BCUT2D eigenvalue weighted by Gasteiger charge is 2.03. The average Bonchev–Trinajstić information content (AvgIpc) is 2.39. The highest BCUT2D eigenvalue weighted by Crippen LogP contribution is 2.20. The number of ether oxygens (including phenoxy) is 1. The van der Waals surface area contributed by atoms with E-state index in [9.17, 15) is 4.79 Å². The van der Waals surface area contributed by atoms with Gasteiger partial charge >= 0.3 is 0 Å². The van der Waals surface area contributed by atoms with Gasteiger partial charge in [0.25, 0.3) is 0 Å². The van der Waals surface area contributed by atoms with E-state index in [0.29, 0.717) is 23.0 Å². The van der Waals surface area contributed by atoms with Crippen LogP contribution in [0.3, 0.4) is 0 Å². The maximum absolute atomic E-state index is 10.9. The quantitative estimate of drug-likeness (QED) is 0.848. The lowest BCUT2D eigenvalue weighted by molar-refractivity contribution is 0.100. The van der Waals surface area contributed by atoms with E-state index in [1.54, 1.807) is 37.4 Å². The Labute approximate surface area is 104 Å². The Morgan fingerprint density at radius 1 is 1.28 bits per heavy atom. The predicted molar refractivity (Wildman–Crippen MR) is 66.6 cm³/mol. The molecule has 0 saturated heterocycles. The van der Waals surface area contributed by atoms with Crippen LogP contribution in [0.4, 0.5) is 5.82 Å². The highest BCUT2D eigenvalue weighted by molar-refractivity contribution is 5.92. The Bertz CT molecular complexity index is 554. The lowest BCUT2D eigenvalue weighted by atomic mass is 10.2. The topological polar surface area (TPSA) is 90.1 Å². The van der Waals surface area contributed by atoms with Gasteiger partial charge in [0.1, 0.15) is 17.9 Å². The number of amides is 1. The molecule has 0 fully saturated rings. The van der Waals surface area contributed by atoms with Crippen molar-refractivity contribution in [3.05, 3.63) is 42.2 Å². The molecule has 0 atom stereocenters. The third kappa shape index (κ3) is 2.73. The lowest BCUT2D eigenvalue weighted by Crippen LogP contribution is -2.10. The van der Waals surface area contributed by atoms with Gasteiger partial charge in [-0.1, -0.05) is 0 Å². The van der Waals surface area contributed by atoms with E-state index >= 15 is 0 Å². The molecular weight excluding hydrogens is 232 g/mol. The number of hydrogen-bond acceptors (Lipinski definition) is 5. The van der Waals surface area contributed by atoms with Gasteiger partial charge in [-0.3, -0.25) is 4.79 Å². The van der Waals surface area contributed by atoms with Crippen LogP contribution in [0.5, 0.6) is 11.6 Å². The monoisotopic (exact) mass is 244 g/mol. The molecule has 1 aromatic heterocycles. The second kappa shape index (κ2) is 5.13. The molecular formula is C12H12N4O2. The van der Waals surface area contributed by atoms with Crippen LogP contribution in [0.1, 0.15) is 10.4 Å². The summed E-state index contributed by atoms with van der Waals surface area (Å²) in [5.41, 5.74) is 5.58. The standard InChI is InChI=1S/C12H12N4O2/c1-14-10-6-11(16-7-15-10)18-9-4-2-8(3-5-9)12(13)17/h2-7H,1H3,(H2,13,17)(H,14,15,16). The summed E-state index contributed by atoms with van der Waals surface area (Å²) in [6.45, 7) is 0. The summed E-state index contributed by atoms with van der Waals surface area (Å²) in [5, 5.41) is 2.88. The van der Waals surface area contributed by atoms with E-state index < -0.39 is 5.91 Å². The van der Waals surface area contributed by atoms with Crippen LogP contribution in [0.2, 0.25) is 0 Å². The maximum Gasteiger partial charge on any atom is 0.248 e. The minimum Gasteiger partial charge on any atom is -0.439 e. The highest BCUT2D eigenvalue weighted by atomic mass is 16.5. The average molecular weight is 244 g/mol. The maximum atomic E-state index is 10.9. The molecule has 0 radical (unpaired) electrons. The number of hydrogen-bond donors (Lipinski definition) is 2. The number of nitrogens with zero attached hydrogens (tertiary/aromatic N) is 2. The first-order valence-electron chi connectivity index (χ1n) is 5.26. The number of nitrogens with two attached hydrogens (primary N) is 1. The Morgan fingerprint density at radius 3 is 2.61 bits per heavy atom. The van der Waals surface area contributed by atoms with Gasteiger partial charge in [0.2, 0.25) is 11.8 Å². The third-order valence-electron chi connectivity index (χ3n) is 2.26. The molecule has 3 N–H and O–H groups in total. The first-order valence-corrected chi connectivity index (χ1v) is 5.26. The second-order valence-corrected chi connectivity index (χ2v) is 3.48. The summed E-state index contributed by atoms with van der Waals surface area (Å²) in [4.78, 5) is 18.9. The van der Waals surface area contributed by atoms with E-state index in [0.717, 1.165) is 0 Å². The van der Waals surface area contributed by atoms with Crippen LogP contribution in [0, 0.1) is 0 Å². The summed E-state index contributed by atoms with van der Waals surface area (Å²) < 4.78 is 5.51. The molecule has 0 saturated carbocycles. The zero-order valence-corrected chi connectivity index (χ0v) is 9.75. The molecule has 0 aliphatic carbocycles. The van der Waals surface area contributed by atoms with Crippen LogP contribution in [0.25, 0.3) is 0 Å². The van der Waals surface area contributed by atoms with Crippen molar-refractivity contribution in [1.82, 2.24) is 9.97 Å². The van der Waals surface area contributed by atoms with E-state index in [4.69, 9.17) is 10.5 Å². The molecule has 0 unspecified atom stereocenters. The molecule has 0 spiro atoms. The third-order valence-corrected chi connectivity index (χ3v) is 2.26. The van der Waals surface area contributed by atoms with Crippen LogP contribution in [-0.2, 0) is 0 Å². The van der Waals surface area contributed by atoms with Gasteiger partial charge in [0.05, 0.1) is 0 Å². The largest absolute Gasteiger partial charge is 0.439 e. The van der Waals surface area contributed by atoms with Crippen molar-refractivity contribution in [3.8, 4) is 11.6 Å². The number of carbonyl (C=O) groups excluding carboxylic acids is 1. The smallest absolute Gasteiger partial charge is 0.248 e. The summed E-state index contributed by atoms with van der Waals surface area (Å²) in [6, 6.07) is 8.17. The van der Waals surface area contributed by atoms with Gasteiger partial charge in [-0.2, -0.15) is 0 Å². The number of carbonyl (C=O) groups is 1. The summed E-state index contributed by atoms with van der Waals surface area (Å²) in [5.74, 6) is 1.18. The van der Waals surface area contributed by atoms with Gasteiger partial charge < -0.3 is 15.8 Å². The molecule has 18 heavy (non-hydrogen) atoms. The second-order valence-electron chi connectivity index (χ2n) is 3.48. The number of primary amides is 1. The number of aromatic nitrogens is 2. The van der Waals surface area contributed by atoms with Crippen molar-refractivity contribution in [2.75, 3.05) is 12.4 Å². The van der Waals surface area contributed by atoms with Crippen LogP contribution >= 0.6 is 0 Å². The van der Waals surface area contributed by atoms with Crippen molar-refractivity contribution in [1.29, 1.82) is 0 Å². The van der Waals surface area contributed by atoms with Gasteiger partial charge in [0.15, 0.2) is 0 Å². The Kier molecular flexibility index (Phi) is 3.38. The van der Waals surface area contributed by atoms with Gasteiger partial charge in [-0.15, -0.1) is 0 Å². The first kappa shape index (κ1) is 11.8. The Balaban J connectivity index is 2.15. The Hall–Kier alpha value is -2.63. The van der Waals surface area contributed by atoms with E-state index in [2.05, 4.69) is 15.3 Å². The number of rotatable bonds is 4. The number of benzene rings is 1. The van der Waals surface area contributed by atoms with Gasteiger partial charge in [0, 0.05) is 18.7 Å². The summed E-state index contributed by atoms with van der Waals surface area (Å²) in [7, 11) is 1.76. The van der Waals surface area contributed by atoms with Crippen LogP contribution in [0.15, 0.2) is 36.7 Å². The van der Waals surface area contributed by atoms with E-state index in [1.807, 2.05) is 0 Å². The van der Waals surface area contributed by atoms with Gasteiger partial charge in [-0.25, -0.2) is 9.97 Å². The van der Waals surface area contributed by atoms with Crippen molar-refractivity contribution in [2.45, 2.75) is 0 Å². The molecule has 0 aliphatic heterocycles. The number of anilines is 1. The lowest BCUT2D eigenvalue weighted by Gasteiger charge is -2.06. The normalized spacial score (nSPS) is 9.83. The zero-order chi connectivity index (χ0) is 13.0. The fraction of sp³-hybridized carbons (Fsp3) is 0.0833. The van der Waals surface area contributed by atoms with E-state index in [1.165, 1.54) is 6.33 Å². The fourth-order valence-electron chi connectivity index (χ4n) is 1.34. The molecule has 92 valence electrons. The molecule has 2 rings (SSSR count). The molecule has 1 amide bonds. The number of nitrogens with one attached hydrogen (secondary N) is 1. The SMILES string of the molecule is CNc1cc(Oc2ccc(C(N)=O)cc2)ncn1. The van der Waals surface area contributed by atoms with Crippen molar-refractivity contribution in [2.24, 2.45) is 5.73 Å². The van der Waals surface area contributed by atoms with Crippen molar-refractivity contribution >= 4 is 11.7 Å². The van der Waals surface area contributed by atoms with Crippen molar-refractivity contribution < 1.29 is 9.53 Å². The van der Waals surface area contributed by atoms with Crippen LogP contribution in [-0.4, -0.2) is 22.9 Å². The molecule has 6 nitrogen and oxygen atoms in total. The van der Waals surface area contributed by atoms with E-state index in [-0.39, 0.29) is 0 Å². The molecule has 2 aromatic rings. The van der Waals surface area contributed by atoms with Crippen LogP contribution < -0.4 is 15.8 Å². The zero-order valence-electron chi connectivity index (χ0n) is 9.75. The Morgan fingerprint density at radius 2 is 2.00 bits per heavy atom. The summed E-state index contributed by atoms with van der Waals surface area (Å²) in [6.07, 6.45) is 1.40. The van der Waals surface area contributed by atoms with Gasteiger partial charge in [-0.05, 0) is 24.3 Å². The minimum atomic E-state index is -0.471. The fourth-order valence-corrected chi connectivity index (χ4v) is 1.34. The first-order chi connectivity index (χ1) is 8.69. The molecule has 1 aromatic carbocycles. The summed E-state index contributed by atoms with van der Waals surface area (Å²) >= 11 is 0. The molecule has 6 heteroatoms. The minimum absolute atomic E-state index is 0.418. The predicted octanol–water partition coefficient (Wildman–Crippen LogP) is 1.41. The molecule has 0 aliphatic rings. The molecule has 0 bridgehead atoms. The molecule has 1 heterocycles. The van der Waals surface area contributed by atoms with Crippen molar-refractivity contribution in [3.63, 3.8) is 0 Å².